The van der Waals surface area contributed by atoms with E-state index in [1.165, 1.54) is 4.90 Å². The molecule has 0 spiro atoms. The van der Waals surface area contributed by atoms with E-state index in [9.17, 15) is 19.2 Å². The number of thioether (sulfide) groups is 1. The fourth-order valence-electron chi connectivity index (χ4n) is 9.19. The van der Waals surface area contributed by atoms with E-state index in [1.54, 1.807) is 54.8 Å². The average Bonchev–Trinajstić information content (AvgIpc) is 3.86. The fourth-order valence-corrected chi connectivity index (χ4v) is 12.5. The third-order valence-corrected chi connectivity index (χ3v) is 14.2. The number of amides is 3. The molecule has 1 saturated heterocycles. The van der Waals surface area contributed by atoms with Crippen molar-refractivity contribution >= 4 is 74.6 Å². The third kappa shape index (κ3) is 4.96. The van der Waals surface area contributed by atoms with Crippen LogP contribution in [0.4, 0.5) is 11.4 Å². The van der Waals surface area contributed by atoms with Gasteiger partial charge in [0.25, 0.3) is 0 Å². The summed E-state index contributed by atoms with van der Waals surface area (Å²) in [6.45, 7) is -0.154. The molecule has 2 aliphatic carbocycles. The lowest BCUT2D eigenvalue weighted by Gasteiger charge is -2.43. The zero-order valence-electron chi connectivity index (χ0n) is 27.6. The minimum Gasteiger partial charge on any atom is -0.493 e. The van der Waals surface area contributed by atoms with Crippen molar-refractivity contribution in [2.45, 2.75) is 29.2 Å². The first kappa shape index (κ1) is 32.3. The highest BCUT2D eigenvalue weighted by molar-refractivity contribution is 8.00. The molecule has 51 heavy (non-hydrogen) atoms. The maximum Gasteiger partial charge on any atom is 0.308 e. The van der Waals surface area contributed by atoms with Crippen LogP contribution >= 0.6 is 34.7 Å². The van der Waals surface area contributed by atoms with Crippen LogP contribution in [0.5, 0.6) is 11.5 Å². The van der Waals surface area contributed by atoms with Gasteiger partial charge >= 0.3 is 4.87 Å². The maximum atomic E-state index is 14.2. The molecule has 1 aromatic heterocycles. The van der Waals surface area contributed by atoms with E-state index in [1.807, 2.05) is 60.7 Å². The molecule has 2 aliphatic heterocycles. The Labute approximate surface area is 306 Å². The quantitative estimate of drug-likeness (QED) is 0.179. The van der Waals surface area contributed by atoms with Crippen LogP contribution in [0.1, 0.15) is 22.8 Å². The van der Waals surface area contributed by atoms with Gasteiger partial charge < -0.3 is 14.8 Å². The standard InChI is InChI=1S/C39H32ClN3O6S2/c1-48-27-15-10-20(16-28(27)49-2)30-31-24-17-25(33-32(24)36(45)43(37(33)46)22-13-11-21(40)12-14-22)34(31)50-38-35(30)51-39(47)42(38)18-29(44)41-26-9-5-7-19-6-3-4-8-23(19)26/h3-16,24-25,30-34H,17-18H2,1-2H3,(H,41,44). The Hall–Kier alpha value is -4.58. The Morgan fingerprint density at radius 2 is 1.61 bits per heavy atom. The summed E-state index contributed by atoms with van der Waals surface area (Å²) in [5, 5.41) is 6.18. The van der Waals surface area contributed by atoms with E-state index in [4.69, 9.17) is 21.1 Å². The number of methoxy groups -OCH3 is 2. The van der Waals surface area contributed by atoms with E-state index in [-0.39, 0.29) is 58.1 Å². The summed E-state index contributed by atoms with van der Waals surface area (Å²) < 4.78 is 12.8. The number of fused-ring (bicyclic) bond motifs is 10. The number of ether oxygens (including phenoxy) is 2. The van der Waals surface area contributed by atoms with E-state index in [2.05, 4.69) is 5.32 Å². The van der Waals surface area contributed by atoms with Gasteiger partial charge in [-0.3, -0.25) is 28.6 Å². The van der Waals surface area contributed by atoms with Crippen LogP contribution in [-0.4, -0.2) is 41.8 Å². The van der Waals surface area contributed by atoms with Gasteiger partial charge in [0.1, 0.15) is 6.54 Å². The summed E-state index contributed by atoms with van der Waals surface area (Å²) in [5.74, 6) is -0.827. The minimum atomic E-state index is -0.451. The number of carbonyl (C=O) groups is 3. The molecule has 3 amide bonds. The molecule has 4 aromatic carbocycles. The van der Waals surface area contributed by atoms with Crippen molar-refractivity contribution in [3.8, 4) is 11.5 Å². The molecule has 2 saturated carbocycles. The number of hydrogen-bond acceptors (Lipinski definition) is 8. The first-order chi connectivity index (χ1) is 24.8. The van der Waals surface area contributed by atoms with Gasteiger partial charge in [-0.05, 0) is 77.6 Å². The Kier molecular flexibility index (Phi) is 7.79. The van der Waals surface area contributed by atoms with Crippen LogP contribution in [0.15, 0.2) is 94.7 Å². The number of aromatic nitrogens is 1. The van der Waals surface area contributed by atoms with E-state index < -0.39 is 11.8 Å². The van der Waals surface area contributed by atoms with Crippen molar-refractivity contribution in [3.63, 3.8) is 0 Å². The summed E-state index contributed by atoms with van der Waals surface area (Å²) in [6, 6.07) is 26.2. The van der Waals surface area contributed by atoms with E-state index in [0.29, 0.717) is 27.9 Å². The molecule has 4 aliphatic rings. The number of imide groups is 1. The van der Waals surface area contributed by atoms with Gasteiger partial charge in [0.15, 0.2) is 11.5 Å². The van der Waals surface area contributed by atoms with Gasteiger partial charge in [0, 0.05) is 32.1 Å². The maximum absolute atomic E-state index is 14.2. The lowest BCUT2D eigenvalue weighted by atomic mass is 9.68. The van der Waals surface area contributed by atoms with Crippen molar-refractivity contribution in [2.24, 2.45) is 29.6 Å². The van der Waals surface area contributed by atoms with Gasteiger partial charge in [-0.2, -0.15) is 0 Å². The van der Waals surface area contributed by atoms with Gasteiger partial charge in [0.2, 0.25) is 17.7 Å². The molecule has 9 nitrogen and oxygen atoms in total. The topological polar surface area (TPSA) is 107 Å². The number of carbonyl (C=O) groups excluding carboxylic acids is 3. The van der Waals surface area contributed by atoms with Gasteiger partial charge in [-0.25, -0.2) is 0 Å². The summed E-state index contributed by atoms with van der Waals surface area (Å²) >= 11 is 8.89. The molecule has 7 atom stereocenters. The SMILES string of the molecule is COc1ccc(C2c3sc(=O)n(CC(=O)Nc4cccc5ccccc45)c3SC3C4CC(C5C(=O)N(c6ccc(Cl)cc6)C(=O)C45)C23)cc1OC. The Morgan fingerprint density at radius 1 is 0.882 bits per heavy atom. The van der Waals surface area contributed by atoms with Gasteiger partial charge in [0.05, 0.1) is 36.8 Å². The van der Waals surface area contributed by atoms with Crippen LogP contribution in [0.2, 0.25) is 5.02 Å². The van der Waals surface area contributed by atoms with Crippen molar-refractivity contribution < 1.29 is 23.9 Å². The van der Waals surface area contributed by atoms with Gasteiger partial charge in [-0.15, -0.1) is 11.8 Å². The Morgan fingerprint density at radius 3 is 2.37 bits per heavy atom. The van der Waals surface area contributed by atoms with Crippen LogP contribution in [0.25, 0.3) is 10.8 Å². The van der Waals surface area contributed by atoms with Gasteiger partial charge in [-0.1, -0.05) is 65.4 Å². The molecule has 1 N–H and O–H groups in total. The lowest BCUT2D eigenvalue weighted by molar-refractivity contribution is -0.123. The third-order valence-electron chi connectivity index (χ3n) is 11.2. The first-order valence-corrected chi connectivity index (χ1v) is 18.9. The molecule has 9 rings (SSSR count). The normalized spacial score (nSPS) is 25.9. The summed E-state index contributed by atoms with van der Waals surface area (Å²) in [7, 11) is 3.18. The zero-order chi connectivity index (χ0) is 35.1. The molecule has 0 radical (unpaired) electrons. The van der Waals surface area contributed by atoms with Crippen molar-refractivity contribution in [1.29, 1.82) is 0 Å². The second kappa shape index (κ2) is 12.3. The smallest absolute Gasteiger partial charge is 0.308 e. The monoisotopic (exact) mass is 737 g/mol. The van der Waals surface area contributed by atoms with Crippen molar-refractivity contribution in [3.05, 3.63) is 110 Å². The molecule has 3 fully saturated rings. The number of nitrogens with one attached hydrogen (secondary N) is 1. The molecule has 12 heteroatoms. The highest BCUT2D eigenvalue weighted by Crippen LogP contribution is 2.69. The molecular formula is C39H32ClN3O6S2. The molecule has 3 heterocycles. The van der Waals surface area contributed by atoms with Crippen molar-refractivity contribution in [1.82, 2.24) is 4.57 Å². The second-order valence-corrected chi connectivity index (χ2v) is 16.1. The van der Waals surface area contributed by atoms with E-state index >= 15 is 0 Å². The second-order valence-electron chi connectivity index (χ2n) is 13.6. The number of halogens is 1. The number of thiazole rings is 1. The van der Waals surface area contributed by atoms with Crippen LogP contribution in [0.3, 0.4) is 0 Å². The summed E-state index contributed by atoms with van der Waals surface area (Å²) in [5.41, 5.74) is 2.15. The molecule has 5 aromatic rings. The highest BCUT2D eigenvalue weighted by atomic mass is 35.5. The first-order valence-electron chi connectivity index (χ1n) is 16.8. The summed E-state index contributed by atoms with van der Waals surface area (Å²) in [4.78, 5) is 57.8. The zero-order valence-corrected chi connectivity index (χ0v) is 30.0. The predicted molar refractivity (Wildman–Crippen MR) is 198 cm³/mol. The average molecular weight is 738 g/mol. The number of nitrogens with zero attached hydrogens (tertiary/aromatic N) is 2. The largest absolute Gasteiger partial charge is 0.493 e. The molecular weight excluding hydrogens is 706 g/mol. The number of hydrogen-bond donors (Lipinski definition) is 1. The number of rotatable bonds is 7. The van der Waals surface area contributed by atoms with Crippen molar-refractivity contribution in [2.75, 3.05) is 24.4 Å². The number of benzene rings is 4. The van der Waals surface area contributed by atoms with E-state index in [0.717, 1.165) is 44.0 Å². The Bertz CT molecular complexity index is 2320. The number of anilines is 2. The minimum absolute atomic E-state index is 0.0234. The van der Waals surface area contributed by atoms with Crippen LogP contribution in [0, 0.1) is 29.6 Å². The molecule has 258 valence electrons. The predicted octanol–water partition coefficient (Wildman–Crippen LogP) is 7.05. The van der Waals surface area contributed by atoms with Crippen LogP contribution in [-0.2, 0) is 20.9 Å². The Balaban J connectivity index is 1.11. The molecule has 7 unspecified atom stereocenters. The molecule has 2 bridgehead atoms. The highest BCUT2D eigenvalue weighted by Gasteiger charge is 2.70. The van der Waals surface area contributed by atoms with Crippen LogP contribution < -0.4 is 24.6 Å². The lowest BCUT2D eigenvalue weighted by Crippen LogP contribution is -2.43. The fraction of sp³-hybridized carbons (Fsp3) is 0.282. The summed E-state index contributed by atoms with van der Waals surface area (Å²) in [6.07, 6.45) is 0.744.